The number of benzene rings is 3. The van der Waals surface area contributed by atoms with E-state index in [1.54, 1.807) is 36.4 Å². The van der Waals surface area contributed by atoms with Gasteiger partial charge in [0.1, 0.15) is 17.9 Å². The number of ether oxygens (including phenoxy) is 3. The molecule has 3 aromatic rings. The van der Waals surface area contributed by atoms with E-state index in [9.17, 15) is 14.4 Å². The van der Waals surface area contributed by atoms with Gasteiger partial charge in [0.05, 0.1) is 10.2 Å². The van der Waals surface area contributed by atoms with Crippen LogP contribution in [0.25, 0.3) is 6.08 Å². The first kappa shape index (κ1) is 24.1. The van der Waals surface area contributed by atoms with Gasteiger partial charge in [-0.1, -0.05) is 28.1 Å². The van der Waals surface area contributed by atoms with E-state index in [1.165, 1.54) is 6.08 Å². The molecular weight excluding hydrogens is 596 g/mol. The second-order valence-corrected chi connectivity index (χ2v) is 9.77. The topological polar surface area (TPSA) is 94.2 Å². The molecule has 1 N–H and O–H groups in total. The zero-order chi connectivity index (χ0) is 25.4. The van der Waals surface area contributed by atoms with Gasteiger partial charge in [0, 0.05) is 4.47 Å². The fourth-order valence-electron chi connectivity index (χ4n) is 3.74. The number of fused-ring (bicyclic) bond motifs is 1. The molecule has 0 aromatic heterocycles. The molecule has 0 aliphatic carbocycles. The van der Waals surface area contributed by atoms with Crippen molar-refractivity contribution in [2.45, 2.75) is 13.5 Å². The molecule has 0 unspecified atom stereocenters. The third-order valence-electron chi connectivity index (χ3n) is 5.60. The number of carbonyl (C=O) groups excluding carboxylic acids is 3. The van der Waals surface area contributed by atoms with Crippen LogP contribution in [0.2, 0.25) is 0 Å². The van der Waals surface area contributed by atoms with Gasteiger partial charge in [0.25, 0.3) is 11.8 Å². The summed E-state index contributed by atoms with van der Waals surface area (Å²) in [5.74, 6) is 0.503. The number of hydrogen-bond donors (Lipinski definition) is 1. The highest BCUT2D eigenvalue weighted by atomic mass is 79.9. The standard InChI is InChI=1S/C26H18Br2N2O6/c1-14-8-17(4-5-19(14)27)30-25(32)18(24(31)29-26(30)33)9-15-2-6-21(20(28)10-15)34-12-16-3-7-22-23(11-16)36-13-35-22/h2-11H,12-13H2,1H3,(H,29,31,33)/b18-9+. The van der Waals surface area contributed by atoms with Crippen molar-refractivity contribution in [1.29, 1.82) is 0 Å². The minimum Gasteiger partial charge on any atom is -0.488 e. The monoisotopic (exact) mass is 612 g/mol. The van der Waals surface area contributed by atoms with Gasteiger partial charge in [-0.15, -0.1) is 0 Å². The van der Waals surface area contributed by atoms with Crippen LogP contribution >= 0.6 is 31.9 Å². The summed E-state index contributed by atoms with van der Waals surface area (Å²) in [5, 5.41) is 2.24. The number of amides is 4. The predicted octanol–water partition coefficient (Wildman–Crippen LogP) is 5.49. The van der Waals surface area contributed by atoms with E-state index in [4.69, 9.17) is 14.2 Å². The smallest absolute Gasteiger partial charge is 0.335 e. The molecule has 36 heavy (non-hydrogen) atoms. The second-order valence-electron chi connectivity index (χ2n) is 8.06. The van der Waals surface area contributed by atoms with Gasteiger partial charge >= 0.3 is 6.03 Å². The molecule has 2 heterocycles. The lowest BCUT2D eigenvalue weighted by atomic mass is 10.1. The van der Waals surface area contributed by atoms with Crippen LogP contribution in [-0.4, -0.2) is 24.6 Å². The highest BCUT2D eigenvalue weighted by Crippen LogP contribution is 2.34. The molecule has 4 amide bonds. The molecule has 2 aliphatic rings. The molecule has 0 bridgehead atoms. The summed E-state index contributed by atoms with van der Waals surface area (Å²) in [7, 11) is 0. The Kier molecular flexibility index (Phi) is 6.55. The zero-order valence-corrected chi connectivity index (χ0v) is 22.0. The molecule has 182 valence electrons. The minimum atomic E-state index is -0.794. The Bertz CT molecular complexity index is 1450. The molecular formula is C26H18Br2N2O6. The molecule has 1 saturated heterocycles. The third kappa shape index (κ3) is 4.74. The second kappa shape index (κ2) is 9.79. The van der Waals surface area contributed by atoms with Crippen LogP contribution < -0.4 is 24.4 Å². The molecule has 8 nitrogen and oxygen atoms in total. The van der Waals surface area contributed by atoms with Crippen LogP contribution in [0.5, 0.6) is 17.2 Å². The maximum Gasteiger partial charge on any atom is 0.335 e. The van der Waals surface area contributed by atoms with Crippen molar-refractivity contribution in [2.24, 2.45) is 0 Å². The SMILES string of the molecule is Cc1cc(N2C(=O)NC(=O)/C(=C\c3ccc(OCc4ccc5c(c4)OCO5)c(Br)c3)C2=O)ccc1Br. The fraction of sp³-hybridized carbons (Fsp3) is 0.115. The van der Waals surface area contributed by atoms with Crippen LogP contribution in [0.1, 0.15) is 16.7 Å². The molecule has 0 saturated carbocycles. The molecule has 2 aliphatic heterocycles. The average molecular weight is 614 g/mol. The molecule has 0 spiro atoms. The van der Waals surface area contributed by atoms with Crippen molar-refractivity contribution in [2.75, 3.05) is 11.7 Å². The Hall–Kier alpha value is -3.63. The van der Waals surface area contributed by atoms with Crippen molar-refractivity contribution in [3.05, 3.63) is 85.8 Å². The number of carbonyl (C=O) groups is 3. The van der Waals surface area contributed by atoms with Crippen LogP contribution in [0.3, 0.4) is 0 Å². The highest BCUT2D eigenvalue weighted by Gasteiger charge is 2.37. The number of nitrogens with zero attached hydrogens (tertiary/aromatic N) is 1. The number of hydrogen-bond acceptors (Lipinski definition) is 6. The quantitative estimate of drug-likeness (QED) is 0.302. The van der Waals surface area contributed by atoms with Gasteiger partial charge in [-0.3, -0.25) is 14.9 Å². The predicted molar refractivity (Wildman–Crippen MR) is 139 cm³/mol. The van der Waals surface area contributed by atoms with Crippen molar-refractivity contribution >= 4 is 61.5 Å². The van der Waals surface area contributed by atoms with Crippen LogP contribution in [0, 0.1) is 6.92 Å². The number of halogens is 2. The number of nitrogens with one attached hydrogen (secondary N) is 1. The van der Waals surface area contributed by atoms with Gasteiger partial charge in [-0.25, -0.2) is 9.69 Å². The number of aryl methyl sites for hydroxylation is 1. The Morgan fingerprint density at radius 3 is 2.56 bits per heavy atom. The first-order valence-electron chi connectivity index (χ1n) is 10.8. The number of anilines is 1. The van der Waals surface area contributed by atoms with Crippen LogP contribution in [0.15, 0.2) is 69.1 Å². The Morgan fingerprint density at radius 2 is 1.78 bits per heavy atom. The molecule has 0 atom stereocenters. The van der Waals surface area contributed by atoms with E-state index < -0.39 is 17.8 Å². The summed E-state index contributed by atoms with van der Waals surface area (Å²) in [6.45, 7) is 2.35. The summed E-state index contributed by atoms with van der Waals surface area (Å²) >= 11 is 6.89. The number of urea groups is 1. The number of imide groups is 2. The normalized spacial score (nSPS) is 15.9. The summed E-state index contributed by atoms with van der Waals surface area (Å²) in [5.41, 5.74) is 2.55. The average Bonchev–Trinajstić information content (AvgIpc) is 3.31. The van der Waals surface area contributed by atoms with Gasteiger partial charge < -0.3 is 14.2 Å². The first-order chi connectivity index (χ1) is 17.3. The van der Waals surface area contributed by atoms with E-state index >= 15 is 0 Å². The van der Waals surface area contributed by atoms with Crippen molar-refractivity contribution in [1.82, 2.24) is 5.32 Å². The van der Waals surface area contributed by atoms with Crippen LogP contribution in [0.4, 0.5) is 10.5 Å². The summed E-state index contributed by atoms with van der Waals surface area (Å²) in [6, 6.07) is 15.0. The number of rotatable bonds is 5. The van der Waals surface area contributed by atoms with E-state index in [2.05, 4.69) is 37.2 Å². The van der Waals surface area contributed by atoms with Crippen molar-refractivity contribution < 1.29 is 28.6 Å². The van der Waals surface area contributed by atoms with E-state index in [0.717, 1.165) is 20.5 Å². The Labute approximate surface area is 223 Å². The summed E-state index contributed by atoms with van der Waals surface area (Å²) in [6.07, 6.45) is 1.44. The largest absolute Gasteiger partial charge is 0.488 e. The van der Waals surface area contributed by atoms with Gasteiger partial charge in [0.15, 0.2) is 11.5 Å². The zero-order valence-electron chi connectivity index (χ0n) is 18.8. The Balaban J connectivity index is 1.35. The van der Waals surface area contributed by atoms with E-state index in [1.807, 2.05) is 25.1 Å². The summed E-state index contributed by atoms with van der Waals surface area (Å²) < 4.78 is 18.1. The lowest BCUT2D eigenvalue weighted by Gasteiger charge is -2.26. The fourth-order valence-corrected chi connectivity index (χ4v) is 4.50. The molecule has 3 aromatic carbocycles. The van der Waals surface area contributed by atoms with Gasteiger partial charge in [-0.05, 0) is 88.1 Å². The van der Waals surface area contributed by atoms with E-state index in [0.29, 0.717) is 39.6 Å². The van der Waals surface area contributed by atoms with Gasteiger partial charge in [-0.2, -0.15) is 0 Å². The van der Waals surface area contributed by atoms with Crippen molar-refractivity contribution in [3.8, 4) is 17.2 Å². The Morgan fingerprint density at radius 1 is 0.972 bits per heavy atom. The van der Waals surface area contributed by atoms with Gasteiger partial charge in [0.2, 0.25) is 6.79 Å². The molecule has 10 heteroatoms. The lowest BCUT2D eigenvalue weighted by molar-refractivity contribution is -0.122. The molecule has 0 radical (unpaired) electrons. The molecule has 1 fully saturated rings. The van der Waals surface area contributed by atoms with Crippen molar-refractivity contribution in [3.63, 3.8) is 0 Å². The maximum atomic E-state index is 13.1. The van der Waals surface area contributed by atoms with E-state index in [-0.39, 0.29) is 12.4 Å². The lowest BCUT2D eigenvalue weighted by Crippen LogP contribution is -2.54. The maximum absolute atomic E-state index is 13.1. The summed E-state index contributed by atoms with van der Waals surface area (Å²) in [4.78, 5) is 39.1. The number of barbiturate groups is 1. The minimum absolute atomic E-state index is 0.156. The first-order valence-corrected chi connectivity index (χ1v) is 12.4. The third-order valence-corrected chi connectivity index (χ3v) is 7.11. The van der Waals surface area contributed by atoms with Crippen LogP contribution in [-0.2, 0) is 16.2 Å². The molecule has 5 rings (SSSR count). The highest BCUT2D eigenvalue weighted by molar-refractivity contribution is 9.10.